The van der Waals surface area contributed by atoms with Crippen molar-refractivity contribution in [1.82, 2.24) is 10.2 Å². The van der Waals surface area contributed by atoms with E-state index in [0.717, 1.165) is 17.7 Å². The van der Waals surface area contributed by atoms with Crippen molar-refractivity contribution in [3.05, 3.63) is 60.3 Å². The van der Waals surface area contributed by atoms with Crippen LogP contribution in [-0.2, 0) is 0 Å². The summed E-state index contributed by atoms with van der Waals surface area (Å²) in [6.07, 6.45) is -4.77. The number of hydrogen-bond acceptors (Lipinski definition) is 4. The van der Waals surface area contributed by atoms with Crippen LogP contribution in [0.3, 0.4) is 0 Å². The number of carbonyl (C=O) groups excluding carboxylic acids is 1. The van der Waals surface area contributed by atoms with E-state index in [2.05, 4.69) is 20.3 Å². The number of hydrogen-bond donors (Lipinski definition) is 2. The highest BCUT2D eigenvalue weighted by molar-refractivity contribution is 6.03. The summed E-state index contributed by atoms with van der Waals surface area (Å²) in [6.45, 7) is 0. The van der Waals surface area contributed by atoms with E-state index in [-0.39, 0.29) is 11.4 Å². The van der Waals surface area contributed by atoms with Gasteiger partial charge in [-0.15, -0.1) is 13.2 Å². The third kappa shape index (κ3) is 4.78. The van der Waals surface area contributed by atoms with E-state index in [1.165, 1.54) is 12.1 Å². The van der Waals surface area contributed by atoms with Gasteiger partial charge in [0, 0.05) is 11.3 Å². The molecule has 0 unspecified atom stereocenters. The topological polar surface area (TPSA) is 76.2 Å². The molecule has 2 N–H and O–H groups in total. The molecular formula is C18H14F3N3O3. The average Bonchev–Trinajstić information content (AvgIpc) is 3.12. The SMILES string of the molecule is COc1cccc(-c2cc(C(=O)Nc3ccc(OC(F)(F)F)cc3)[nH]n2)c1. The molecule has 0 atom stereocenters. The predicted octanol–water partition coefficient (Wildman–Crippen LogP) is 4.24. The number of halogens is 3. The number of nitrogens with zero attached hydrogens (tertiary/aromatic N) is 1. The number of rotatable bonds is 5. The highest BCUT2D eigenvalue weighted by Gasteiger charge is 2.30. The Morgan fingerprint density at radius 3 is 2.48 bits per heavy atom. The number of amides is 1. The molecule has 0 radical (unpaired) electrons. The van der Waals surface area contributed by atoms with E-state index in [9.17, 15) is 18.0 Å². The second kappa shape index (κ2) is 7.40. The first-order valence-corrected chi connectivity index (χ1v) is 7.71. The van der Waals surface area contributed by atoms with Crippen molar-refractivity contribution in [3.8, 4) is 22.8 Å². The Bertz CT molecular complexity index is 937. The first-order chi connectivity index (χ1) is 12.8. The number of benzene rings is 2. The molecule has 140 valence electrons. The average molecular weight is 377 g/mol. The Hall–Kier alpha value is -3.49. The minimum absolute atomic E-state index is 0.198. The summed E-state index contributed by atoms with van der Waals surface area (Å²) in [7, 11) is 1.55. The Kier molecular flexibility index (Phi) is 5.02. The number of ether oxygens (including phenoxy) is 2. The van der Waals surface area contributed by atoms with Crippen LogP contribution in [0.1, 0.15) is 10.5 Å². The van der Waals surface area contributed by atoms with Crippen LogP contribution in [-0.4, -0.2) is 29.6 Å². The number of aromatic nitrogens is 2. The van der Waals surface area contributed by atoms with Crippen molar-refractivity contribution < 1.29 is 27.4 Å². The molecule has 0 saturated carbocycles. The second-order valence-electron chi connectivity index (χ2n) is 5.43. The molecule has 0 aliphatic carbocycles. The molecule has 0 aliphatic rings. The lowest BCUT2D eigenvalue weighted by Gasteiger charge is -2.09. The maximum absolute atomic E-state index is 12.3. The fraction of sp³-hybridized carbons (Fsp3) is 0.111. The van der Waals surface area contributed by atoms with E-state index in [1.807, 2.05) is 6.07 Å². The van der Waals surface area contributed by atoms with Crippen LogP contribution in [0, 0.1) is 0 Å². The van der Waals surface area contributed by atoms with Crippen LogP contribution in [0.2, 0.25) is 0 Å². The Morgan fingerprint density at radius 1 is 1.07 bits per heavy atom. The fourth-order valence-corrected chi connectivity index (χ4v) is 2.31. The second-order valence-corrected chi connectivity index (χ2v) is 5.43. The molecule has 6 nitrogen and oxygen atoms in total. The minimum atomic E-state index is -4.77. The van der Waals surface area contributed by atoms with Crippen molar-refractivity contribution >= 4 is 11.6 Å². The normalized spacial score (nSPS) is 11.1. The summed E-state index contributed by atoms with van der Waals surface area (Å²) < 4.78 is 45.4. The van der Waals surface area contributed by atoms with Crippen molar-refractivity contribution in [2.24, 2.45) is 0 Å². The predicted molar refractivity (Wildman–Crippen MR) is 91.7 cm³/mol. The van der Waals surface area contributed by atoms with Crippen LogP contribution in [0.15, 0.2) is 54.6 Å². The van der Waals surface area contributed by atoms with Crippen molar-refractivity contribution in [2.75, 3.05) is 12.4 Å². The number of anilines is 1. The molecule has 3 rings (SSSR count). The van der Waals surface area contributed by atoms with Crippen molar-refractivity contribution in [1.29, 1.82) is 0 Å². The van der Waals surface area contributed by atoms with Gasteiger partial charge < -0.3 is 14.8 Å². The smallest absolute Gasteiger partial charge is 0.497 e. The van der Waals surface area contributed by atoms with Crippen LogP contribution in [0.4, 0.5) is 18.9 Å². The first kappa shape index (κ1) is 18.3. The Labute approximate surface area is 151 Å². The van der Waals surface area contributed by atoms with Gasteiger partial charge in [0.2, 0.25) is 0 Å². The highest BCUT2D eigenvalue weighted by atomic mass is 19.4. The molecule has 1 heterocycles. The summed E-state index contributed by atoms with van der Waals surface area (Å²) in [5, 5.41) is 9.28. The molecule has 1 aromatic heterocycles. The van der Waals surface area contributed by atoms with Gasteiger partial charge in [0.15, 0.2) is 0 Å². The van der Waals surface area contributed by atoms with E-state index >= 15 is 0 Å². The van der Waals surface area contributed by atoms with Gasteiger partial charge in [0.25, 0.3) is 5.91 Å². The number of alkyl halides is 3. The quantitative estimate of drug-likeness (QED) is 0.698. The van der Waals surface area contributed by atoms with E-state index in [4.69, 9.17) is 4.74 Å². The molecule has 2 aromatic carbocycles. The highest BCUT2D eigenvalue weighted by Crippen LogP contribution is 2.25. The van der Waals surface area contributed by atoms with Gasteiger partial charge in [-0.25, -0.2) is 0 Å². The number of methoxy groups -OCH3 is 1. The van der Waals surface area contributed by atoms with Gasteiger partial charge >= 0.3 is 6.36 Å². The largest absolute Gasteiger partial charge is 0.573 e. The zero-order valence-electron chi connectivity index (χ0n) is 14.0. The van der Waals surface area contributed by atoms with Gasteiger partial charge in [0.1, 0.15) is 17.2 Å². The van der Waals surface area contributed by atoms with Crippen LogP contribution >= 0.6 is 0 Å². The van der Waals surface area contributed by atoms with Crippen molar-refractivity contribution in [3.63, 3.8) is 0 Å². The molecule has 0 fully saturated rings. The maximum atomic E-state index is 12.3. The summed E-state index contributed by atoms with van der Waals surface area (Å²) in [5.41, 5.74) is 1.82. The summed E-state index contributed by atoms with van der Waals surface area (Å²) in [4.78, 5) is 12.3. The monoisotopic (exact) mass is 377 g/mol. The Balaban J connectivity index is 1.69. The first-order valence-electron chi connectivity index (χ1n) is 7.71. The maximum Gasteiger partial charge on any atom is 0.573 e. The van der Waals surface area contributed by atoms with Crippen LogP contribution in [0.25, 0.3) is 11.3 Å². The third-order valence-corrected chi connectivity index (χ3v) is 3.53. The van der Waals surface area contributed by atoms with Gasteiger partial charge in [-0.1, -0.05) is 12.1 Å². The molecule has 0 spiro atoms. The molecule has 0 aliphatic heterocycles. The van der Waals surface area contributed by atoms with Gasteiger partial charge in [-0.2, -0.15) is 5.10 Å². The molecule has 0 saturated heterocycles. The molecule has 9 heteroatoms. The standard InChI is InChI=1S/C18H14F3N3O3/c1-26-14-4-2-3-11(9-14)15-10-16(24-23-15)17(25)22-12-5-7-13(8-6-12)27-18(19,20)21/h2-10H,1H3,(H,22,25)(H,23,24). The molecule has 1 amide bonds. The fourth-order valence-electron chi connectivity index (χ4n) is 2.31. The zero-order chi connectivity index (χ0) is 19.4. The van der Waals surface area contributed by atoms with Crippen molar-refractivity contribution in [2.45, 2.75) is 6.36 Å². The number of carbonyl (C=O) groups is 1. The molecular weight excluding hydrogens is 363 g/mol. The van der Waals surface area contributed by atoms with E-state index < -0.39 is 12.3 Å². The molecule has 3 aromatic rings. The van der Waals surface area contributed by atoms with Gasteiger partial charge in [-0.05, 0) is 42.5 Å². The zero-order valence-corrected chi connectivity index (χ0v) is 14.0. The number of H-pyrrole nitrogens is 1. The van der Waals surface area contributed by atoms with Gasteiger partial charge in [0.05, 0.1) is 12.8 Å². The van der Waals surface area contributed by atoms with E-state index in [0.29, 0.717) is 17.1 Å². The number of aromatic amines is 1. The molecule has 27 heavy (non-hydrogen) atoms. The lowest BCUT2D eigenvalue weighted by atomic mass is 10.1. The summed E-state index contributed by atoms with van der Waals surface area (Å²) in [6, 6.07) is 13.6. The summed E-state index contributed by atoms with van der Waals surface area (Å²) in [5.74, 6) is -0.203. The third-order valence-electron chi connectivity index (χ3n) is 3.53. The van der Waals surface area contributed by atoms with Crippen LogP contribution in [0.5, 0.6) is 11.5 Å². The Morgan fingerprint density at radius 2 is 1.81 bits per heavy atom. The lowest BCUT2D eigenvalue weighted by Crippen LogP contribution is -2.17. The summed E-state index contributed by atoms with van der Waals surface area (Å²) >= 11 is 0. The minimum Gasteiger partial charge on any atom is -0.497 e. The van der Waals surface area contributed by atoms with E-state index in [1.54, 1.807) is 31.4 Å². The van der Waals surface area contributed by atoms with Crippen LogP contribution < -0.4 is 14.8 Å². The van der Waals surface area contributed by atoms with Gasteiger partial charge in [-0.3, -0.25) is 9.89 Å². The molecule has 0 bridgehead atoms. The lowest BCUT2D eigenvalue weighted by molar-refractivity contribution is -0.274. The number of nitrogens with one attached hydrogen (secondary N) is 2.